The van der Waals surface area contributed by atoms with Crippen LogP contribution < -0.4 is 10.6 Å². The summed E-state index contributed by atoms with van der Waals surface area (Å²) in [4.78, 5) is 16.3. The Balaban J connectivity index is 2.16. The molecular formula is C42H77N3O11. The van der Waals surface area contributed by atoms with Gasteiger partial charge in [0.15, 0.2) is 12.6 Å². The molecule has 326 valence electrons. The Hall–Kier alpha value is -1.45. The van der Waals surface area contributed by atoms with Gasteiger partial charge in [-0.1, -0.05) is 40.5 Å². The highest BCUT2D eigenvalue weighted by Crippen LogP contribution is 2.44. The molecule has 14 nitrogen and oxygen atoms in total. The van der Waals surface area contributed by atoms with Gasteiger partial charge < -0.3 is 64.4 Å². The Kier molecular flexibility index (Phi) is 17.2. The molecule has 0 amide bonds. The molecule has 0 bridgehead atoms. The lowest BCUT2D eigenvalue weighted by atomic mass is 9.72. The first-order valence-electron chi connectivity index (χ1n) is 20.6. The summed E-state index contributed by atoms with van der Waals surface area (Å²) in [5, 5.41) is 53.4. The highest BCUT2D eigenvalue weighted by Gasteiger charge is 2.58. The van der Waals surface area contributed by atoms with Gasteiger partial charge in [0.05, 0.1) is 43.0 Å². The summed E-state index contributed by atoms with van der Waals surface area (Å²) < 4.78 is 38.7. The van der Waals surface area contributed by atoms with E-state index in [1.165, 1.54) is 14.0 Å². The molecule has 3 aliphatic heterocycles. The fourth-order valence-corrected chi connectivity index (χ4v) is 9.41. The largest absolute Gasteiger partial charge is 0.459 e. The number of aliphatic hydroxyl groups excluding tert-OH is 2. The summed E-state index contributed by atoms with van der Waals surface area (Å²) in [6, 6.07) is -0.281. The molecule has 3 rings (SSSR count). The number of carbonyl (C=O) groups is 1. The lowest BCUT2D eigenvalue weighted by Crippen LogP contribution is -2.70. The van der Waals surface area contributed by atoms with Crippen LogP contribution in [-0.2, 0) is 33.2 Å². The Morgan fingerprint density at radius 1 is 1.02 bits per heavy atom. The molecule has 0 aliphatic carbocycles. The number of nitrogens with zero attached hydrogens (tertiary/aromatic N) is 1. The first-order valence-corrected chi connectivity index (χ1v) is 20.6. The third kappa shape index (κ3) is 10.8. The van der Waals surface area contributed by atoms with Crippen LogP contribution in [0.5, 0.6) is 0 Å². The van der Waals surface area contributed by atoms with Crippen molar-refractivity contribution in [3.63, 3.8) is 0 Å². The van der Waals surface area contributed by atoms with Gasteiger partial charge in [-0.3, -0.25) is 4.79 Å². The molecule has 17 atom stereocenters. The molecule has 56 heavy (non-hydrogen) atoms. The van der Waals surface area contributed by atoms with Crippen LogP contribution in [0.3, 0.4) is 0 Å². The second-order valence-electron chi connectivity index (χ2n) is 18.4. The normalized spacial score (nSPS) is 46.0. The predicted molar refractivity (Wildman–Crippen MR) is 213 cm³/mol. The Morgan fingerprint density at radius 2 is 1.66 bits per heavy atom. The molecule has 0 unspecified atom stereocenters. The number of ether oxygens (including phenoxy) is 6. The lowest BCUT2D eigenvalue weighted by Gasteiger charge is -2.53. The van der Waals surface area contributed by atoms with Crippen LogP contribution in [-0.4, -0.2) is 156 Å². The van der Waals surface area contributed by atoms with E-state index in [0.717, 1.165) is 0 Å². The molecule has 0 radical (unpaired) electrons. The monoisotopic (exact) mass is 800 g/mol. The Bertz CT molecular complexity index is 1300. The van der Waals surface area contributed by atoms with Crippen molar-refractivity contribution in [2.45, 2.75) is 186 Å². The van der Waals surface area contributed by atoms with E-state index in [2.05, 4.69) is 37.3 Å². The topological polar surface area (TPSA) is 181 Å². The zero-order chi connectivity index (χ0) is 42.6. The van der Waals surface area contributed by atoms with Crippen LogP contribution in [0.2, 0.25) is 0 Å². The minimum absolute atomic E-state index is 0.0685. The van der Waals surface area contributed by atoms with E-state index in [4.69, 9.17) is 34.8 Å². The van der Waals surface area contributed by atoms with Gasteiger partial charge in [-0.15, -0.1) is 6.42 Å². The summed E-state index contributed by atoms with van der Waals surface area (Å²) in [6.45, 7) is 21.3. The Morgan fingerprint density at radius 3 is 2.23 bits per heavy atom. The fourth-order valence-electron chi connectivity index (χ4n) is 9.41. The number of carbonyl (C=O) groups excluding carboxylic acids is 1. The molecule has 0 spiro atoms. The van der Waals surface area contributed by atoms with Crippen molar-refractivity contribution >= 4 is 5.97 Å². The molecule has 0 aromatic carbocycles. The summed E-state index contributed by atoms with van der Waals surface area (Å²) in [7, 11) is 5.38. The number of likely N-dealkylation sites (N-methyl/N-ethyl adjacent to an activating group) is 1. The van der Waals surface area contributed by atoms with Gasteiger partial charge in [0.25, 0.3) is 0 Å². The Labute approximate surface area is 337 Å². The third-order valence-electron chi connectivity index (χ3n) is 13.1. The van der Waals surface area contributed by atoms with E-state index in [1.54, 1.807) is 27.7 Å². The van der Waals surface area contributed by atoms with Gasteiger partial charge in [-0.05, 0) is 86.2 Å². The first kappa shape index (κ1) is 48.9. The highest BCUT2D eigenvalue weighted by molar-refractivity contribution is 5.73. The smallest absolute Gasteiger partial charge is 0.311 e. The molecule has 0 saturated carbocycles. The second-order valence-corrected chi connectivity index (χ2v) is 18.4. The van der Waals surface area contributed by atoms with Gasteiger partial charge in [-0.25, -0.2) is 0 Å². The van der Waals surface area contributed by atoms with Crippen LogP contribution in [0.25, 0.3) is 0 Å². The predicted octanol–water partition coefficient (Wildman–Crippen LogP) is 2.43. The van der Waals surface area contributed by atoms with Crippen molar-refractivity contribution in [3.05, 3.63) is 0 Å². The molecule has 0 aromatic heterocycles. The van der Waals surface area contributed by atoms with Crippen LogP contribution in [0.15, 0.2) is 0 Å². The van der Waals surface area contributed by atoms with E-state index < -0.39 is 89.2 Å². The van der Waals surface area contributed by atoms with Crippen molar-refractivity contribution in [3.8, 4) is 12.3 Å². The average Bonchev–Trinajstić information content (AvgIpc) is 3.12. The van der Waals surface area contributed by atoms with Crippen molar-refractivity contribution in [1.29, 1.82) is 0 Å². The standard InChI is InChI=1S/C42H77N3O11/c1-16-18-43-23-42(50)29(8)53-32(21-40(42,11)51-15)55-34-27(6)36(56-38-33(46)30(45(13)14)19-26(5)52-38)39(9,10)20-25(4)44-22-24(3)35(47)41(12,49)31(17-2)54-37(48)28(34)7/h1,24-36,38,43-44,46-47,49-50H,17-23H2,2-15H3/t24-,25+,26+,27-,28+,29-,30-,31+,32+,33+,34+,35+,36+,38-,40-,41+,42+/m0/s1. The molecule has 3 saturated heterocycles. The number of hydrogen-bond donors (Lipinski definition) is 6. The van der Waals surface area contributed by atoms with Crippen LogP contribution >= 0.6 is 0 Å². The number of rotatable bonds is 10. The maximum atomic E-state index is 14.4. The van der Waals surface area contributed by atoms with Crippen LogP contribution in [0.1, 0.15) is 102 Å². The molecular weight excluding hydrogens is 722 g/mol. The summed E-state index contributed by atoms with van der Waals surface area (Å²) >= 11 is 0. The highest BCUT2D eigenvalue weighted by atomic mass is 16.7. The minimum Gasteiger partial charge on any atom is -0.459 e. The minimum atomic E-state index is -1.75. The van der Waals surface area contributed by atoms with E-state index in [-0.39, 0.29) is 50.0 Å². The molecule has 3 heterocycles. The lowest BCUT2D eigenvalue weighted by molar-refractivity contribution is -0.334. The van der Waals surface area contributed by atoms with Crippen LogP contribution in [0.4, 0.5) is 0 Å². The van der Waals surface area contributed by atoms with Gasteiger partial charge in [0.1, 0.15) is 29.0 Å². The third-order valence-corrected chi connectivity index (χ3v) is 13.1. The maximum Gasteiger partial charge on any atom is 0.311 e. The van der Waals surface area contributed by atoms with Gasteiger partial charge in [0.2, 0.25) is 0 Å². The molecule has 3 aliphatic rings. The number of terminal acetylenes is 1. The van der Waals surface area contributed by atoms with E-state index in [9.17, 15) is 25.2 Å². The number of methoxy groups -OCH3 is 1. The van der Waals surface area contributed by atoms with Gasteiger partial charge in [-0.2, -0.15) is 0 Å². The fraction of sp³-hybridized carbons (Fsp3) is 0.929. The van der Waals surface area contributed by atoms with Crippen molar-refractivity contribution in [2.75, 3.05) is 40.8 Å². The molecule has 6 N–H and O–H groups in total. The van der Waals surface area contributed by atoms with Gasteiger partial charge >= 0.3 is 5.97 Å². The number of nitrogens with one attached hydrogen (secondary N) is 2. The zero-order valence-corrected chi connectivity index (χ0v) is 36.7. The average molecular weight is 800 g/mol. The van der Waals surface area contributed by atoms with Gasteiger partial charge in [0, 0.05) is 44.6 Å². The SMILES string of the molecule is C#CCNC[C@@]1(O)[C@H](C)O[C@H](O[C@@H]2[C@H](C)[C@@H](O[C@@H]3O[C@H](C)C[C@H](N(C)C)[C@H]3O)C(C)(C)C[C@@H](C)NC[C@H](C)[C@@H](O)[C@](C)(O)[C@@H](CC)OC(=O)[C@@H]2C)C[C@]1(C)OC. The van der Waals surface area contributed by atoms with E-state index >= 15 is 0 Å². The quantitative estimate of drug-likeness (QED) is 0.108. The van der Waals surface area contributed by atoms with E-state index in [1.807, 2.05) is 39.8 Å². The maximum absolute atomic E-state index is 14.4. The number of esters is 1. The molecule has 14 heteroatoms. The second kappa shape index (κ2) is 19.7. The zero-order valence-electron chi connectivity index (χ0n) is 36.7. The molecule has 0 aromatic rings. The number of aliphatic hydroxyl groups is 4. The molecule has 3 fully saturated rings. The summed E-state index contributed by atoms with van der Waals surface area (Å²) in [5.41, 5.74) is -5.01. The summed E-state index contributed by atoms with van der Waals surface area (Å²) in [5.74, 6) is 0.0239. The summed E-state index contributed by atoms with van der Waals surface area (Å²) in [6.07, 6.45) is -0.621. The van der Waals surface area contributed by atoms with Crippen LogP contribution in [0, 0.1) is 35.5 Å². The number of hydrogen-bond acceptors (Lipinski definition) is 14. The van der Waals surface area contributed by atoms with Crippen molar-refractivity contribution < 1.29 is 53.6 Å². The van der Waals surface area contributed by atoms with E-state index in [0.29, 0.717) is 19.4 Å². The number of cyclic esters (lactones) is 1. The first-order chi connectivity index (χ1) is 25.9. The van der Waals surface area contributed by atoms with Crippen molar-refractivity contribution in [1.82, 2.24) is 15.5 Å². The van der Waals surface area contributed by atoms with Crippen molar-refractivity contribution in [2.24, 2.45) is 23.2 Å².